The third kappa shape index (κ3) is 4.84. The SMILES string of the molecule is COc1ccc(-c2ccc(CNCCSc3nnnn3-c3ccccc3)o2)cc1Cl. The predicted molar refractivity (Wildman–Crippen MR) is 117 cm³/mol. The van der Waals surface area contributed by atoms with E-state index in [0.717, 1.165) is 40.2 Å². The summed E-state index contributed by atoms with van der Waals surface area (Å²) in [5.41, 5.74) is 1.86. The second kappa shape index (κ2) is 9.80. The van der Waals surface area contributed by atoms with Gasteiger partial charge in [0.2, 0.25) is 5.16 Å². The van der Waals surface area contributed by atoms with E-state index in [-0.39, 0.29) is 0 Å². The third-order valence-electron chi connectivity index (χ3n) is 4.35. The Labute approximate surface area is 183 Å². The van der Waals surface area contributed by atoms with E-state index in [1.54, 1.807) is 23.6 Å². The number of thioether (sulfide) groups is 1. The largest absolute Gasteiger partial charge is 0.495 e. The third-order valence-corrected chi connectivity index (χ3v) is 5.57. The minimum Gasteiger partial charge on any atom is -0.495 e. The van der Waals surface area contributed by atoms with Crippen molar-refractivity contribution < 1.29 is 9.15 Å². The molecule has 0 fully saturated rings. The van der Waals surface area contributed by atoms with Gasteiger partial charge in [0.25, 0.3) is 0 Å². The fraction of sp³-hybridized carbons (Fsp3) is 0.190. The van der Waals surface area contributed by atoms with Gasteiger partial charge in [-0.15, -0.1) is 5.10 Å². The van der Waals surface area contributed by atoms with Gasteiger partial charge < -0.3 is 14.5 Å². The Balaban J connectivity index is 1.26. The molecule has 7 nitrogen and oxygen atoms in total. The maximum Gasteiger partial charge on any atom is 0.214 e. The molecule has 0 bridgehead atoms. The first-order valence-corrected chi connectivity index (χ1v) is 10.7. The molecule has 0 aliphatic carbocycles. The first kappa shape index (κ1) is 20.5. The van der Waals surface area contributed by atoms with Crippen molar-refractivity contribution in [2.45, 2.75) is 11.7 Å². The number of nitrogens with one attached hydrogen (secondary N) is 1. The van der Waals surface area contributed by atoms with Crippen molar-refractivity contribution in [3.63, 3.8) is 0 Å². The van der Waals surface area contributed by atoms with Gasteiger partial charge >= 0.3 is 0 Å². The van der Waals surface area contributed by atoms with E-state index in [1.165, 1.54) is 0 Å². The van der Waals surface area contributed by atoms with Gasteiger partial charge in [-0.25, -0.2) is 0 Å². The zero-order valence-electron chi connectivity index (χ0n) is 16.3. The van der Waals surface area contributed by atoms with Crippen molar-refractivity contribution in [3.05, 3.63) is 71.4 Å². The Morgan fingerprint density at radius 2 is 2.00 bits per heavy atom. The molecule has 0 spiro atoms. The van der Waals surface area contributed by atoms with Crippen LogP contribution in [-0.2, 0) is 6.54 Å². The van der Waals surface area contributed by atoms with Gasteiger partial charge in [0, 0.05) is 17.9 Å². The van der Waals surface area contributed by atoms with Gasteiger partial charge in [-0.05, 0) is 52.9 Å². The highest BCUT2D eigenvalue weighted by Gasteiger charge is 2.10. The van der Waals surface area contributed by atoms with Gasteiger partial charge in [-0.1, -0.05) is 41.6 Å². The van der Waals surface area contributed by atoms with E-state index in [0.29, 0.717) is 17.3 Å². The monoisotopic (exact) mass is 441 g/mol. The number of furan rings is 1. The molecule has 9 heteroatoms. The van der Waals surface area contributed by atoms with Crippen LogP contribution in [-0.4, -0.2) is 39.6 Å². The number of rotatable bonds is 9. The molecule has 2 aromatic heterocycles. The fourth-order valence-electron chi connectivity index (χ4n) is 2.87. The summed E-state index contributed by atoms with van der Waals surface area (Å²) < 4.78 is 12.8. The number of para-hydroxylation sites is 1. The number of benzene rings is 2. The highest BCUT2D eigenvalue weighted by molar-refractivity contribution is 7.99. The highest BCUT2D eigenvalue weighted by atomic mass is 35.5. The summed E-state index contributed by atoms with van der Waals surface area (Å²) in [5, 5.41) is 16.6. The Morgan fingerprint density at radius 1 is 1.13 bits per heavy atom. The van der Waals surface area contributed by atoms with Crippen LogP contribution in [0.15, 0.2) is 70.2 Å². The van der Waals surface area contributed by atoms with Crippen molar-refractivity contribution in [3.8, 4) is 22.8 Å². The van der Waals surface area contributed by atoms with E-state index < -0.39 is 0 Å². The van der Waals surface area contributed by atoms with Crippen LogP contribution >= 0.6 is 23.4 Å². The number of tetrazole rings is 1. The van der Waals surface area contributed by atoms with Crippen molar-refractivity contribution in [2.24, 2.45) is 0 Å². The van der Waals surface area contributed by atoms with Crippen LogP contribution < -0.4 is 10.1 Å². The molecule has 0 saturated heterocycles. The van der Waals surface area contributed by atoms with Gasteiger partial charge in [0.05, 0.1) is 24.4 Å². The minimum atomic E-state index is 0.556. The van der Waals surface area contributed by atoms with Crippen molar-refractivity contribution >= 4 is 23.4 Å². The smallest absolute Gasteiger partial charge is 0.214 e. The molecule has 4 rings (SSSR count). The van der Waals surface area contributed by atoms with Crippen LogP contribution in [0.4, 0.5) is 0 Å². The molecule has 0 saturated carbocycles. The Bertz CT molecular complexity index is 1100. The first-order chi connectivity index (χ1) is 14.7. The second-order valence-corrected chi connectivity index (χ2v) is 7.82. The topological polar surface area (TPSA) is 78.0 Å². The van der Waals surface area contributed by atoms with Crippen molar-refractivity contribution in [2.75, 3.05) is 19.4 Å². The molecular formula is C21H20ClN5O2S. The van der Waals surface area contributed by atoms with E-state index >= 15 is 0 Å². The summed E-state index contributed by atoms with van der Waals surface area (Å²) >= 11 is 7.80. The number of methoxy groups -OCH3 is 1. The molecule has 4 aromatic rings. The van der Waals surface area contributed by atoms with E-state index in [1.807, 2.05) is 60.7 Å². The first-order valence-electron chi connectivity index (χ1n) is 9.34. The quantitative estimate of drug-likeness (QED) is 0.303. The van der Waals surface area contributed by atoms with Gasteiger partial charge in [0.1, 0.15) is 17.3 Å². The molecule has 0 atom stereocenters. The normalized spacial score (nSPS) is 11.0. The molecule has 30 heavy (non-hydrogen) atoms. The lowest BCUT2D eigenvalue weighted by atomic mass is 10.2. The number of aromatic nitrogens is 4. The fourth-order valence-corrected chi connectivity index (χ4v) is 3.92. The van der Waals surface area contributed by atoms with Gasteiger partial charge in [0.15, 0.2) is 0 Å². The number of ether oxygens (including phenoxy) is 1. The highest BCUT2D eigenvalue weighted by Crippen LogP contribution is 2.31. The minimum absolute atomic E-state index is 0.556. The van der Waals surface area contributed by atoms with Gasteiger partial charge in [-0.3, -0.25) is 0 Å². The zero-order chi connectivity index (χ0) is 20.8. The predicted octanol–water partition coefficient (Wildman–Crippen LogP) is 4.47. The maximum absolute atomic E-state index is 6.20. The lowest BCUT2D eigenvalue weighted by Gasteiger charge is -2.05. The molecule has 0 aliphatic rings. The van der Waals surface area contributed by atoms with E-state index in [4.69, 9.17) is 20.8 Å². The van der Waals surface area contributed by atoms with Crippen LogP contribution in [0, 0.1) is 0 Å². The lowest BCUT2D eigenvalue weighted by Crippen LogP contribution is -2.16. The molecule has 154 valence electrons. The van der Waals surface area contributed by atoms with Crippen molar-refractivity contribution in [1.29, 1.82) is 0 Å². The Morgan fingerprint density at radius 3 is 2.80 bits per heavy atom. The van der Waals surface area contributed by atoms with E-state index in [9.17, 15) is 0 Å². The lowest BCUT2D eigenvalue weighted by molar-refractivity contribution is 0.415. The summed E-state index contributed by atoms with van der Waals surface area (Å²) in [6.07, 6.45) is 0. The molecule has 0 aliphatic heterocycles. The summed E-state index contributed by atoms with van der Waals surface area (Å²) in [5.74, 6) is 3.10. The van der Waals surface area contributed by atoms with Crippen LogP contribution in [0.25, 0.3) is 17.0 Å². The average molecular weight is 442 g/mol. The van der Waals surface area contributed by atoms with Crippen LogP contribution in [0.5, 0.6) is 5.75 Å². The van der Waals surface area contributed by atoms with Crippen molar-refractivity contribution in [1.82, 2.24) is 25.5 Å². The standard InChI is InChI=1S/C21H20ClN5O2S/c1-28-20-9-7-15(13-18(20)22)19-10-8-17(29-19)14-23-11-12-30-21-24-25-26-27(21)16-5-3-2-4-6-16/h2-10,13,23H,11-12,14H2,1H3. The second-order valence-electron chi connectivity index (χ2n) is 6.35. The molecule has 2 aromatic carbocycles. The Kier molecular flexibility index (Phi) is 6.68. The van der Waals surface area contributed by atoms with E-state index in [2.05, 4.69) is 20.8 Å². The van der Waals surface area contributed by atoms with Crippen LogP contribution in [0.2, 0.25) is 5.02 Å². The maximum atomic E-state index is 6.20. The number of hydrogen-bond donors (Lipinski definition) is 1. The van der Waals surface area contributed by atoms with Crippen LogP contribution in [0.3, 0.4) is 0 Å². The summed E-state index contributed by atoms with van der Waals surface area (Å²) in [6.45, 7) is 1.42. The van der Waals surface area contributed by atoms with Crippen LogP contribution in [0.1, 0.15) is 5.76 Å². The summed E-state index contributed by atoms with van der Waals surface area (Å²) in [7, 11) is 1.60. The van der Waals surface area contributed by atoms with Gasteiger partial charge in [-0.2, -0.15) is 4.68 Å². The Hall–Kier alpha value is -2.81. The molecule has 2 heterocycles. The number of halogens is 1. The molecular weight excluding hydrogens is 422 g/mol. The average Bonchev–Trinajstić information content (AvgIpc) is 3.44. The molecule has 0 unspecified atom stereocenters. The number of nitrogens with zero attached hydrogens (tertiary/aromatic N) is 4. The number of hydrogen-bond acceptors (Lipinski definition) is 7. The molecule has 1 N–H and O–H groups in total. The summed E-state index contributed by atoms with van der Waals surface area (Å²) in [6, 6.07) is 19.3. The molecule has 0 amide bonds. The summed E-state index contributed by atoms with van der Waals surface area (Å²) in [4.78, 5) is 0. The zero-order valence-corrected chi connectivity index (χ0v) is 17.9. The molecule has 0 radical (unpaired) electrons.